The molecule has 2 fully saturated rings. The van der Waals surface area contributed by atoms with E-state index in [-0.39, 0.29) is 11.7 Å². The number of nitrogens with zero attached hydrogens (tertiary/aromatic N) is 2. The molecule has 1 aliphatic heterocycles. The van der Waals surface area contributed by atoms with Crippen molar-refractivity contribution in [3.8, 4) is 0 Å². The number of carbonyl (C=O) groups excluding carboxylic acids is 2. The van der Waals surface area contributed by atoms with Crippen molar-refractivity contribution < 1.29 is 9.59 Å². The lowest BCUT2D eigenvalue weighted by Gasteiger charge is -2.34. The van der Waals surface area contributed by atoms with Crippen LogP contribution in [0.25, 0.3) is 0 Å². The van der Waals surface area contributed by atoms with Gasteiger partial charge in [-0.3, -0.25) is 14.6 Å². The van der Waals surface area contributed by atoms with Crippen LogP contribution in [-0.2, 0) is 0 Å². The fourth-order valence-corrected chi connectivity index (χ4v) is 4.01. The highest BCUT2D eigenvalue weighted by molar-refractivity contribution is 6.08. The van der Waals surface area contributed by atoms with Gasteiger partial charge in [0.2, 0.25) is 0 Å². The molecule has 140 valence electrons. The second-order valence-corrected chi connectivity index (χ2v) is 7.92. The zero-order chi connectivity index (χ0) is 19.0. The van der Waals surface area contributed by atoms with E-state index in [9.17, 15) is 9.59 Å². The predicted octanol–water partition coefficient (Wildman–Crippen LogP) is 4.23. The Morgan fingerprint density at radius 3 is 2.48 bits per heavy atom. The van der Waals surface area contributed by atoms with E-state index in [4.69, 9.17) is 0 Å². The van der Waals surface area contributed by atoms with E-state index in [1.54, 1.807) is 24.5 Å². The number of rotatable bonds is 4. The average Bonchev–Trinajstić information content (AvgIpc) is 3.42. The molecule has 1 aromatic heterocycles. The molecule has 0 radical (unpaired) electrons. The van der Waals surface area contributed by atoms with Gasteiger partial charge in [-0.2, -0.15) is 0 Å². The van der Waals surface area contributed by atoms with Gasteiger partial charge in [0, 0.05) is 30.5 Å². The van der Waals surface area contributed by atoms with Gasteiger partial charge in [0.05, 0.1) is 17.4 Å². The molecule has 2 heterocycles. The summed E-state index contributed by atoms with van der Waals surface area (Å²) in [4.78, 5) is 31.2. The molecule has 0 unspecified atom stereocenters. The van der Waals surface area contributed by atoms with Crippen molar-refractivity contribution in [1.82, 2.24) is 4.98 Å². The van der Waals surface area contributed by atoms with Crippen LogP contribution in [0.3, 0.4) is 0 Å². The Hall–Kier alpha value is -2.69. The van der Waals surface area contributed by atoms with E-state index in [0.717, 1.165) is 24.3 Å². The summed E-state index contributed by atoms with van der Waals surface area (Å²) < 4.78 is 0. The molecule has 27 heavy (non-hydrogen) atoms. The highest BCUT2D eigenvalue weighted by atomic mass is 16.1. The Morgan fingerprint density at radius 1 is 1.07 bits per heavy atom. The number of nitrogens with one attached hydrogen (secondary N) is 1. The minimum Gasteiger partial charge on any atom is -0.370 e. The van der Waals surface area contributed by atoms with Crippen molar-refractivity contribution in [1.29, 1.82) is 0 Å². The van der Waals surface area contributed by atoms with Crippen molar-refractivity contribution in [2.75, 3.05) is 23.3 Å². The molecule has 0 bridgehead atoms. The largest absolute Gasteiger partial charge is 0.370 e. The molecule has 5 nitrogen and oxygen atoms in total. The lowest BCUT2D eigenvalue weighted by Crippen LogP contribution is -2.35. The van der Waals surface area contributed by atoms with Gasteiger partial charge in [-0.1, -0.05) is 6.07 Å². The van der Waals surface area contributed by atoms with Gasteiger partial charge < -0.3 is 10.2 Å². The van der Waals surface area contributed by atoms with Crippen LogP contribution in [-0.4, -0.2) is 29.8 Å². The van der Waals surface area contributed by atoms with Crippen LogP contribution in [0.1, 0.15) is 58.9 Å². The highest BCUT2D eigenvalue weighted by Crippen LogP contribution is 2.54. The second-order valence-electron chi connectivity index (χ2n) is 7.92. The molecule has 2 aromatic rings. The van der Waals surface area contributed by atoms with Crippen LogP contribution in [0.5, 0.6) is 0 Å². The molecule has 1 saturated carbocycles. The van der Waals surface area contributed by atoms with Crippen molar-refractivity contribution in [2.45, 2.75) is 39.5 Å². The van der Waals surface area contributed by atoms with Gasteiger partial charge in [0.25, 0.3) is 5.91 Å². The normalized spacial score (nSPS) is 17.6. The molecule has 1 saturated heterocycles. The standard InChI is InChI=1S/C22H25N3O2/c1-15-3-4-17(13-19(15)16(2)26)24-21(27)18-5-10-23-14-20(18)25-11-8-22(6-7-22)9-12-25/h3-5,10,13-14H,6-9,11-12H2,1-2H3,(H,24,27). The number of pyridine rings is 1. The highest BCUT2D eigenvalue weighted by Gasteiger charge is 2.44. The number of piperidine rings is 1. The first-order chi connectivity index (χ1) is 13.0. The Labute approximate surface area is 159 Å². The fourth-order valence-electron chi connectivity index (χ4n) is 4.01. The molecule has 0 atom stereocenters. The van der Waals surface area contributed by atoms with Gasteiger partial charge in [-0.05, 0) is 68.7 Å². The summed E-state index contributed by atoms with van der Waals surface area (Å²) in [5, 5.41) is 2.94. The van der Waals surface area contributed by atoms with Crippen molar-refractivity contribution >= 4 is 23.1 Å². The summed E-state index contributed by atoms with van der Waals surface area (Å²) in [6, 6.07) is 7.21. The van der Waals surface area contributed by atoms with Gasteiger partial charge in [-0.15, -0.1) is 0 Å². The predicted molar refractivity (Wildman–Crippen MR) is 106 cm³/mol. The maximum absolute atomic E-state index is 12.9. The van der Waals surface area contributed by atoms with Crippen LogP contribution in [0, 0.1) is 12.3 Å². The smallest absolute Gasteiger partial charge is 0.257 e. The summed E-state index contributed by atoms with van der Waals surface area (Å²) in [5.41, 5.74) is 4.28. The third kappa shape index (κ3) is 3.59. The Balaban J connectivity index is 1.54. The van der Waals surface area contributed by atoms with Crippen LogP contribution in [0.4, 0.5) is 11.4 Å². The first kappa shape index (κ1) is 17.7. The van der Waals surface area contributed by atoms with E-state index in [2.05, 4.69) is 15.2 Å². The second kappa shape index (κ2) is 6.80. The van der Waals surface area contributed by atoms with Gasteiger partial charge in [0.1, 0.15) is 0 Å². The monoisotopic (exact) mass is 363 g/mol. The van der Waals surface area contributed by atoms with E-state index in [1.807, 2.05) is 19.1 Å². The lowest BCUT2D eigenvalue weighted by molar-refractivity contribution is 0.101. The number of aryl methyl sites for hydroxylation is 1. The molecular formula is C22H25N3O2. The number of hydrogen-bond acceptors (Lipinski definition) is 4. The number of anilines is 2. The maximum atomic E-state index is 12.9. The Kier molecular flexibility index (Phi) is 4.46. The molecule has 2 aliphatic rings. The minimum absolute atomic E-state index is 0.00415. The SMILES string of the molecule is CC(=O)c1cc(NC(=O)c2ccncc2N2CCC3(CC2)CC3)ccc1C. The zero-order valence-electron chi connectivity index (χ0n) is 15.9. The van der Waals surface area contributed by atoms with Crippen LogP contribution >= 0.6 is 0 Å². The molecule has 1 aromatic carbocycles. The first-order valence-electron chi connectivity index (χ1n) is 9.59. The van der Waals surface area contributed by atoms with Crippen molar-refractivity contribution in [3.05, 3.63) is 53.3 Å². The fraction of sp³-hybridized carbons (Fsp3) is 0.409. The number of ketones is 1. The Morgan fingerprint density at radius 2 is 1.81 bits per heavy atom. The molecule has 1 amide bonds. The number of benzene rings is 1. The van der Waals surface area contributed by atoms with E-state index < -0.39 is 0 Å². The molecule has 5 heteroatoms. The topological polar surface area (TPSA) is 62.3 Å². The lowest BCUT2D eigenvalue weighted by atomic mass is 9.93. The summed E-state index contributed by atoms with van der Waals surface area (Å²) >= 11 is 0. The van der Waals surface area contributed by atoms with Gasteiger partial charge in [0.15, 0.2) is 5.78 Å². The minimum atomic E-state index is -0.169. The van der Waals surface area contributed by atoms with Crippen LogP contribution < -0.4 is 10.2 Å². The van der Waals surface area contributed by atoms with Crippen LogP contribution in [0.15, 0.2) is 36.7 Å². The number of amides is 1. The zero-order valence-corrected chi connectivity index (χ0v) is 15.9. The van der Waals surface area contributed by atoms with Crippen LogP contribution in [0.2, 0.25) is 0 Å². The number of carbonyl (C=O) groups is 2. The molecular weight excluding hydrogens is 338 g/mol. The van der Waals surface area contributed by atoms with Gasteiger partial charge >= 0.3 is 0 Å². The summed E-state index contributed by atoms with van der Waals surface area (Å²) in [5.74, 6) is -0.173. The Bertz CT molecular complexity index is 892. The summed E-state index contributed by atoms with van der Waals surface area (Å²) in [6.07, 6.45) is 8.54. The van der Waals surface area contributed by atoms with E-state index in [0.29, 0.717) is 22.2 Å². The number of aromatic nitrogens is 1. The molecule has 1 spiro atoms. The van der Waals surface area contributed by atoms with E-state index in [1.165, 1.54) is 32.6 Å². The molecule has 1 aliphatic carbocycles. The number of hydrogen-bond donors (Lipinski definition) is 1. The summed E-state index contributed by atoms with van der Waals surface area (Å²) in [7, 11) is 0. The molecule has 4 rings (SSSR count). The number of Topliss-reactive ketones (excluding diaryl/α,β-unsaturated/α-hetero) is 1. The summed E-state index contributed by atoms with van der Waals surface area (Å²) in [6.45, 7) is 5.39. The third-order valence-electron chi connectivity index (χ3n) is 6.04. The molecule has 1 N–H and O–H groups in total. The third-order valence-corrected chi connectivity index (χ3v) is 6.04. The first-order valence-corrected chi connectivity index (χ1v) is 9.59. The van der Waals surface area contributed by atoms with Crippen molar-refractivity contribution in [3.63, 3.8) is 0 Å². The quantitative estimate of drug-likeness (QED) is 0.826. The van der Waals surface area contributed by atoms with Gasteiger partial charge in [-0.25, -0.2) is 0 Å². The van der Waals surface area contributed by atoms with E-state index >= 15 is 0 Å². The van der Waals surface area contributed by atoms with Crippen molar-refractivity contribution in [2.24, 2.45) is 5.41 Å². The maximum Gasteiger partial charge on any atom is 0.257 e. The average molecular weight is 363 g/mol.